The molecule has 0 aromatic heterocycles. The molecular formula is C15H22OSi. The molecule has 0 saturated carbocycles. The van der Waals surface area contributed by atoms with Crippen LogP contribution < -0.4 is 4.74 Å². The molecule has 0 amide bonds. The monoisotopic (exact) mass is 246 g/mol. The van der Waals surface area contributed by atoms with E-state index in [0.717, 1.165) is 25.0 Å². The van der Waals surface area contributed by atoms with Crippen LogP contribution >= 0.6 is 0 Å². The lowest BCUT2D eigenvalue weighted by Gasteiger charge is -2.06. The summed E-state index contributed by atoms with van der Waals surface area (Å²) in [5.74, 6) is 4.30. The average Bonchev–Trinajstić information content (AvgIpc) is 2.27. The Morgan fingerprint density at radius 3 is 2.53 bits per heavy atom. The van der Waals surface area contributed by atoms with Crippen molar-refractivity contribution in [3.05, 3.63) is 29.8 Å². The molecule has 0 fully saturated rings. The Bertz CT molecular complexity index is 407. The van der Waals surface area contributed by atoms with Gasteiger partial charge >= 0.3 is 0 Å². The maximum atomic E-state index is 5.33. The molecule has 1 nitrogen and oxygen atoms in total. The van der Waals surface area contributed by atoms with E-state index < -0.39 is 8.07 Å². The van der Waals surface area contributed by atoms with Crippen molar-refractivity contribution in [3.8, 4) is 17.2 Å². The van der Waals surface area contributed by atoms with Gasteiger partial charge in [-0.2, -0.15) is 0 Å². The van der Waals surface area contributed by atoms with Crippen LogP contribution in [0.3, 0.4) is 0 Å². The maximum absolute atomic E-state index is 5.33. The Morgan fingerprint density at radius 1 is 1.18 bits per heavy atom. The Balaban J connectivity index is 2.43. The Morgan fingerprint density at radius 2 is 1.88 bits per heavy atom. The van der Waals surface area contributed by atoms with Crippen LogP contribution in [0, 0.1) is 11.5 Å². The van der Waals surface area contributed by atoms with Crippen molar-refractivity contribution in [3.63, 3.8) is 0 Å². The van der Waals surface area contributed by atoms with Gasteiger partial charge in [0.15, 0.2) is 0 Å². The van der Waals surface area contributed by atoms with E-state index >= 15 is 0 Å². The molecule has 0 aliphatic rings. The largest absolute Gasteiger partial charge is 0.496 e. The highest BCUT2D eigenvalue weighted by Gasteiger charge is 2.07. The highest BCUT2D eigenvalue weighted by molar-refractivity contribution is 6.83. The molecule has 0 aliphatic carbocycles. The summed E-state index contributed by atoms with van der Waals surface area (Å²) >= 11 is 0. The molecule has 1 aromatic rings. The van der Waals surface area contributed by atoms with Crippen molar-refractivity contribution < 1.29 is 4.74 Å². The number of aryl methyl sites for hydroxylation is 1. The molecule has 0 saturated heterocycles. The lowest BCUT2D eigenvalue weighted by Crippen LogP contribution is -2.16. The first-order chi connectivity index (χ1) is 8.03. The van der Waals surface area contributed by atoms with Crippen molar-refractivity contribution in [2.75, 3.05) is 7.11 Å². The van der Waals surface area contributed by atoms with Gasteiger partial charge in [-0.05, 0) is 24.5 Å². The van der Waals surface area contributed by atoms with Gasteiger partial charge in [0.2, 0.25) is 0 Å². The number of unbranched alkanes of at least 4 members (excludes halogenated alkanes) is 1. The Labute approximate surface area is 106 Å². The first-order valence-electron chi connectivity index (χ1n) is 6.15. The van der Waals surface area contributed by atoms with E-state index in [1.165, 1.54) is 5.56 Å². The van der Waals surface area contributed by atoms with Gasteiger partial charge in [-0.25, -0.2) is 0 Å². The molecule has 0 unspecified atom stereocenters. The minimum Gasteiger partial charge on any atom is -0.496 e. The number of rotatable bonds is 4. The third kappa shape index (κ3) is 5.60. The molecule has 0 radical (unpaired) electrons. The molecule has 0 N–H and O–H groups in total. The van der Waals surface area contributed by atoms with Crippen LogP contribution in [0.25, 0.3) is 0 Å². The number of ether oxygens (including phenoxy) is 1. The summed E-state index contributed by atoms with van der Waals surface area (Å²) in [6.45, 7) is 6.83. The number of hydrogen-bond acceptors (Lipinski definition) is 1. The van der Waals surface area contributed by atoms with Gasteiger partial charge in [-0.15, -0.1) is 11.5 Å². The third-order valence-corrected chi connectivity index (χ3v) is 3.33. The summed E-state index contributed by atoms with van der Waals surface area (Å²) in [7, 11) is 0.536. The normalized spacial score (nSPS) is 10.6. The third-order valence-electron chi connectivity index (χ3n) is 2.40. The molecule has 0 heterocycles. The van der Waals surface area contributed by atoms with E-state index in [0.29, 0.717) is 0 Å². The van der Waals surface area contributed by atoms with Gasteiger partial charge < -0.3 is 4.74 Å². The standard InChI is InChI=1S/C15H22OSi/c1-16-15-12-8-7-11-14(15)10-6-5-9-13-17(2,3)4/h7-8,11-12H,5-6,10H2,1-4H3. The van der Waals surface area contributed by atoms with Crippen molar-refractivity contribution >= 4 is 8.07 Å². The summed E-state index contributed by atoms with van der Waals surface area (Å²) in [6.07, 6.45) is 3.14. The van der Waals surface area contributed by atoms with Crippen LogP contribution in [0.5, 0.6) is 5.75 Å². The number of methoxy groups -OCH3 is 1. The zero-order valence-electron chi connectivity index (χ0n) is 11.3. The highest BCUT2D eigenvalue weighted by Crippen LogP contribution is 2.19. The van der Waals surface area contributed by atoms with Crippen LogP contribution in [0.1, 0.15) is 18.4 Å². The van der Waals surface area contributed by atoms with Crippen LogP contribution in [0.15, 0.2) is 24.3 Å². The minimum atomic E-state index is -1.19. The first-order valence-corrected chi connectivity index (χ1v) is 9.65. The average molecular weight is 246 g/mol. The fraction of sp³-hybridized carbons (Fsp3) is 0.467. The highest BCUT2D eigenvalue weighted by atomic mass is 28.3. The van der Waals surface area contributed by atoms with E-state index in [2.05, 4.69) is 43.2 Å². The number of hydrogen-bond donors (Lipinski definition) is 0. The predicted molar refractivity (Wildman–Crippen MR) is 77.1 cm³/mol. The van der Waals surface area contributed by atoms with Gasteiger partial charge in [0.1, 0.15) is 13.8 Å². The lowest BCUT2D eigenvalue weighted by atomic mass is 10.1. The molecule has 0 bridgehead atoms. The summed E-state index contributed by atoms with van der Waals surface area (Å²) in [6, 6.07) is 8.22. The first kappa shape index (κ1) is 13.9. The molecule has 0 aliphatic heterocycles. The number of para-hydroxylation sites is 1. The van der Waals surface area contributed by atoms with Gasteiger partial charge in [0.05, 0.1) is 7.11 Å². The fourth-order valence-corrected chi connectivity index (χ4v) is 2.26. The van der Waals surface area contributed by atoms with Crippen molar-refractivity contribution in [1.29, 1.82) is 0 Å². The fourth-order valence-electron chi connectivity index (χ4n) is 1.60. The van der Waals surface area contributed by atoms with E-state index in [4.69, 9.17) is 4.74 Å². The van der Waals surface area contributed by atoms with Crippen LogP contribution in [0.4, 0.5) is 0 Å². The van der Waals surface area contributed by atoms with Crippen LogP contribution in [-0.2, 0) is 6.42 Å². The molecule has 0 spiro atoms. The maximum Gasteiger partial charge on any atom is 0.129 e. The summed E-state index contributed by atoms with van der Waals surface area (Å²) in [5, 5.41) is 0. The number of benzene rings is 1. The van der Waals surface area contributed by atoms with E-state index in [1.54, 1.807) is 7.11 Å². The van der Waals surface area contributed by atoms with Gasteiger partial charge in [0, 0.05) is 6.42 Å². The van der Waals surface area contributed by atoms with Crippen LogP contribution in [0.2, 0.25) is 19.6 Å². The lowest BCUT2D eigenvalue weighted by molar-refractivity contribution is 0.409. The smallest absolute Gasteiger partial charge is 0.129 e. The SMILES string of the molecule is COc1ccccc1CCCC#C[Si](C)(C)C. The zero-order valence-corrected chi connectivity index (χ0v) is 12.3. The molecule has 92 valence electrons. The van der Waals surface area contributed by atoms with Crippen molar-refractivity contribution in [2.24, 2.45) is 0 Å². The topological polar surface area (TPSA) is 9.23 Å². The molecule has 0 atom stereocenters. The summed E-state index contributed by atoms with van der Waals surface area (Å²) in [4.78, 5) is 0. The summed E-state index contributed by atoms with van der Waals surface area (Å²) in [5.41, 5.74) is 4.68. The molecule has 2 heteroatoms. The van der Waals surface area contributed by atoms with E-state index in [-0.39, 0.29) is 0 Å². The molecule has 1 aromatic carbocycles. The quantitative estimate of drug-likeness (QED) is 0.445. The van der Waals surface area contributed by atoms with Crippen molar-refractivity contribution in [1.82, 2.24) is 0 Å². The van der Waals surface area contributed by atoms with Gasteiger partial charge in [-0.3, -0.25) is 0 Å². The van der Waals surface area contributed by atoms with Crippen molar-refractivity contribution in [2.45, 2.75) is 38.9 Å². The van der Waals surface area contributed by atoms with Gasteiger partial charge in [0.25, 0.3) is 0 Å². The van der Waals surface area contributed by atoms with E-state index in [1.807, 2.05) is 12.1 Å². The predicted octanol–water partition coefficient (Wildman–Crippen LogP) is 3.90. The second-order valence-corrected chi connectivity index (χ2v) is 9.97. The molecule has 1 rings (SSSR count). The zero-order chi connectivity index (χ0) is 12.7. The molecular weight excluding hydrogens is 224 g/mol. The second kappa shape index (κ2) is 6.51. The Kier molecular flexibility index (Phi) is 5.31. The van der Waals surface area contributed by atoms with Gasteiger partial charge in [-0.1, -0.05) is 37.8 Å². The Hall–Kier alpha value is -1.20. The molecule has 17 heavy (non-hydrogen) atoms. The summed E-state index contributed by atoms with van der Waals surface area (Å²) < 4.78 is 5.33. The van der Waals surface area contributed by atoms with Crippen LogP contribution in [-0.4, -0.2) is 15.2 Å². The second-order valence-electron chi connectivity index (χ2n) is 5.22. The minimum absolute atomic E-state index is 0.988. The van der Waals surface area contributed by atoms with E-state index in [9.17, 15) is 0 Å².